The lowest BCUT2D eigenvalue weighted by atomic mass is 10.3. The molecular weight excluding hydrogens is 222 g/mol. The zero-order valence-electron chi connectivity index (χ0n) is 9.20. The van der Waals surface area contributed by atoms with Crippen molar-refractivity contribution >= 4 is 11.5 Å². The number of nitrogens with zero attached hydrogens (tertiary/aromatic N) is 4. The number of nitrogens with one attached hydrogen (secondary N) is 1. The monoisotopic (exact) mass is 233 g/mol. The Morgan fingerprint density at radius 1 is 1.53 bits per heavy atom. The van der Waals surface area contributed by atoms with Crippen LogP contribution in [0.5, 0.6) is 0 Å². The Labute approximate surface area is 97.3 Å². The van der Waals surface area contributed by atoms with Gasteiger partial charge in [0.15, 0.2) is 0 Å². The van der Waals surface area contributed by atoms with Crippen molar-refractivity contribution in [3.05, 3.63) is 41.0 Å². The fourth-order valence-corrected chi connectivity index (χ4v) is 1.44. The second kappa shape index (κ2) is 4.60. The van der Waals surface area contributed by atoms with Crippen molar-refractivity contribution in [2.45, 2.75) is 6.92 Å². The van der Waals surface area contributed by atoms with Crippen LogP contribution in [0.2, 0.25) is 0 Å². The second-order valence-electron chi connectivity index (χ2n) is 3.30. The number of hydrogen-bond donors (Lipinski definition) is 1. The maximum absolute atomic E-state index is 10.9. The van der Waals surface area contributed by atoms with Gasteiger partial charge in [0.1, 0.15) is 12.1 Å². The number of aromatic nitrogens is 3. The molecule has 2 heterocycles. The van der Waals surface area contributed by atoms with E-state index in [1.807, 2.05) is 6.92 Å². The number of imidazole rings is 1. The van der Waals surface area contributed by atoms with Crippen molar-refractivity contribution in [1.82, 2.24) is 14.5 Å². The minimum absolute atomic E-state index is 0.0512. The molecule has 0 saturated heterocycles. The van der Waals surface area contributed by atoms with Crippen molar-refractivity contribution in [2.75, 3.05) is 11.9 Å². The van der Waals surface area contributed by atoms with Crippen LogP contribution >= 0.6 is 0 Å². The molecule has 0 unspecified atom stereocenters. The van der Waals surface area contributed by atoms with E-state index < -0.39 is 4.92 Å². The van der Waals surface area contributed by atoms with Crippen molar-refractivity contribution in [2.24, 2.45) is 0 Å². The summed E-state index contributed by atoms with van der Waals surface area (Å²) in [5, 5.41) is 13.9. The van der Waals surface area contributed by atoms with Crippen molar-refractivity contribution in [3.63, 3.8) is 0 Å². The van der Waals surface area contributed by atoms with Gasteiger partial charge < -0.3 is 5.32 Å². The molecule has 0 aliphatic heterocycles. The first-order valence-electron chi connectivity index (χ1n) is 5.10. The topological polar surface area (TPSA) is 85.9 Å². The van der Waals surface area contributed by atoms with E-state index >= 15 is 0 Å². The largest absolute Gasteiger partial charge is 0.370 e. The third-order valence-corrected chi connectivity index (χ3v) is 2.16. The predicted molar refractivity (Wildman–Crippen MR) is 62.2 cm³/mol. The Morgan fingerprint density at radius 3 is 2.94 bits per heavy atom. The van der Waals surface area contributed by atoms with Crippen LogP contribution in [0, 0.1) is 10.1 Å². The summed E-state index contributed by atoms with van der Waals surface area (Å²) in [6.07, 6.45) is 4.64. The molecule has 0 bridgehead atoms. The highest BCUT2D eigenvalue weighted by atomic mass is 16.6. The summed E-state index contributed by atoms with van der Waals surface area (Å²) in [7, 11) is 0. The first kappa shape index (κ1) is 11.1. The molecule has 0 radical (unpaired) electrons. The number of anilines is 1. The summed E-state index contributed by atoms with van der Waals surface area (Å²) in [6.45, 7) is 2.63. The van der Waals surface area contributed by atoms with E-state index in [1.165, 1.54) is 17.0 Å². The SMILES string of the molecule is CCNc1ccc([N+](=O)[O-])c(-n2ccnc2)n1. The van der Waals surface area contributed by atoms with Crippen LogP contribution in [-0.2, 0) is 0 Å². The average molecular weight is 233 g/mol. The maximum atomic E-state index is 10.9. The summed E-state index contributed by atoms with van der Waals surface area (Å²) in [5.74, 6) is 0.854. The van der Waals surface area contributed by atoms with Gasteiger partial charge in [0.25, 0.3) is 0 Å². The van der Waals surface area contributed by atoms with Gasteiger partial charge in [0, 0.05) is 25.0 Å². The summed E-state index contributed by atoms with van der Waals surface area (Å²) >= 11 is 0. The molecule has 0 fully saturated rings. The van der Waals surface area contributed by atoms with Crippen molar-refractivity contribution in [3.8, 4) is 5.82 Å². The second-order valence-corrected chi connectivity index (χ2v) is 3.30. The predicted octanol–water partition coefficient (Wildman–Crippen LogP) is 1.61. The molecule has 1 N–H and O–H groups in total. The molecule has 88 valence electrons. The van der Waals surface area contributed by atoms with Crippen molar-refractivity contribution in [1.29, 1.82) is 0 Å². The van der Waals surface area contributed by atoms with Gasteiger partial charge in [-0.2, -0.15) is 0 Å². The summed E-state index contributed by atoms with van der Waals surface area (Å²) in [6, 6.07) is 3.02. The first-order chi connectivity index (χ1) is 8.22. The van der Waals surface area contributed by atoms with Gasteiger partial charge in [-0.25, -0.2) is 9.97 Å². The Balaban J connectivity index is 2.52. The fraction of sp³-hybridized carbons (Fsp3) is 0.200. The van der Waals surface area contributed by atoms with E-state index in [4.69, 9.17) is 0 Å². The molecule has 2 aromatic heterocycles. The highest BCUT2D eigenvalue weighted by Gasteiger charge is 2.17. The zero-order chi connectivity index (χ0) is 12.3. The minimum atomic E-state index is -0.460. The van der Waals surface area contributed by atoms with Gasteiger partial charge in [-0.15, -0.1) is 0 Å². The molecule has 0 aliphatic rings. The summed E-state index contributed by atoms with van der Waals surface area (Å²) in [5.41, 5.74) is -0.0512. The van der Waals surface area contributed by atoms with Crippen LogP contribution in [0.25, 0.3) is 5.82 Å². The van der Waals surface area contributed by atoms with Gasteiger partial charge >= 0.3 is 5.69 Å². The third kappa shape index (κ3) is 2.22. The third-order valence-electron chi connectivity index (χ3n) is 2.16. The highest BCUT2D eigenvalue weighted by Crippen LogP contribution is 2.22. The molecule has 17 heavy (non-hydrogen) atoms. The minimum Gasteiger partial charge on any atom is -0.370 e. The Kier molecular flexibility index (Phi) is 2.99. The molecule has 7 nitrogen and oxygen atoms in total. The summed E-state index contributed by atoms with van der Waals surface area (Å²) in [4.78, 5) is 18.5. The summed E-state index contributed by atoms with van der Waals surface area (Å²) < 4.78 is 1.51. The lowest BCUT2D eigenvalue weighted by molar-refractivity contribution is -0.384. The molecule has 0 aromatic carbocycles. The number of nitro groups is 1. The fourth-order valence-electron chi connectivity index (χ4n) is 1.44. The Morgan fingerprint density at radius 2 is 2.35 bits per heavy atom. The van der Waals surface area contributed by atoms with Gasteiger partial charge in [-0.1, -0.05) is 0 Å². The lowest BCUT2D eigenvalue weighted by Gasteiger charge is -2.06. The first-order valence-corrected chi connectivity index (χ1v) is 5.10. The number of hydrogen-bond acceptors (Lipinski definition) is 5. The molecule has 7 heteroatoms. The van der Waals surface area contributed by atoms with Crippen molar-refractivity contribution < 1.29 is 4.92 Å². The molecule has 0 aliphatic carbocycles. The van der Waals surface area contributed by atoms with Crippen LogP contribution in [-0.4, -0.2) is 26.0 Å². The van der Waals surface area contributed by atoms with E-state index in [1.54, 1.807) is 18.5 Å². The number of rotatable bonds is 4. The average Bonchev–Trinajstić information content (AvgIpc) is 2.82. The van der Waals surface area contributed by atoms with Crippen LogP contribution in [0.4, 0.5) is 11.5 Å². The molecular formula is C10H11N5O2. The van der Waals surface area contributed by atoms with Gasteiger partial charge in [0.2, 0.25) is 5.82 Å². The Bertz CT molecular complexity index is 523. The Hall–Kier alpha value is -2.44. The zero-order valence-corrected chi connectivity index (χ0v) is 9.20. The van der Waals surface area contributed by atoms with Gasteiger partial charge in [-0.3, -0.25) is 14.7 Å². The van der Waals surface area contributed by atoms with E-state index in [0.717, 1.165) is 0 Å². The highest BCUT2D eigenvalue weighted by molar-refractivity contribution is 5.53. The van der Waals surface area contributed by atoms with Crippen LogP contribution in [0.1, 0.15) is 6.92 Å². The van der Waals surface area contributed by atoms with E-state index in [2.05, 4.69) is 15.3 Å². The van der Waals surface area contributed by atoms with E-state index in [9.17, 15) is 10.1 Å². The van der Waals surface area contributed by atoms with Gasteiger partial charge in [0.05, 0.1) is 4.92 Å². The van der Waals surface area contributed by atoms with E-state index in [0.29, 0.717) is 12.4 Å². The van der Waals surface area contributed by atoms with Crippen LogP contribution < -0.4 is 5.32 Å². The van der Waals surface area contributed by atoms with Crippen LogP contribution in [0.3, 0.4) is 0 Å². The maximum Gasteiger partial charge on any atom is 0.312 e. The molecule has 0 atom stereocenters. The molecule has 2 rings (SSSR count). The molecule has 0 spiro atoms. The lowest BCUT2D eigenvalue weighted by Crippen LogP contribution is -2.05. The quantitative estimate of drug-likeness (QED) is 0.640. The van der Waals surface area contributed by atoms with E-state index in [-0.39, 0.29) is 11.5 Å². The normalized spacial score (nSPS) is 10.2. The van der Waals surface area contributed by atoms with Gasteiger partial charge in [-0.05, 0) is 13.0 Å². The molecule has 0 amide bonds. The van der Waals surface area contributed by atoms with Crippen LogP contribution in [0.15, 0.2) is 30.9 Å². The number of pyridine rings is 1. The smallest absolute Gasteiger partial charge is 0.312 e. The molecule has 0 saturated carbocycles. The standard InChI is InChI=1S/C10H11N5O2/c1-2-12-9-4-3-8(15(16)17)10(13-9)14-6-5-11-7-14/h3-7H,2H2,1H3,(H,12,13). The molecule has 2 aromatic rings.